The molecule has 0 aliphatic carbocycles. The van der Waals surface area contributed by atoms with E-state index >= 15 is 0 Å². The maximum atomic E-state index is 12.5. The normalized spacial score (nSPS) is 10.9. The minimum absolute atomic E-state index is 0.207. The Morgan fingerprint density at radius 1 is 0.933 bits per heavy atom. The topological polar surface area (TPSA) is 95.6 Å². The van der Waals surface area contributed by atoms with Crippen molar-refractivity contribution in [3.05, 3.63) is 72.3 Å². The summed E-state index contributed by atoms with van der Waals surface area (Å²) in [5, 5.41) is 5.95. The maximum Gasteiger partial charge on any atom is 0.257 e. The third-order valence-corrected chi connectivity index (χ3v) is 5.29. The van der Waals surface area contributed by atoms with E-state index in [0.717, 1.165) is 45.4 Å². The summed E-state index contributed by atoms with van der Waals surface area (Å²) in [6.07, 6.45) is 0. The number of amides is 1. The van der Waals surface area contributed by atoms with E-state index in [9.17, 15) is 4.79 Å². The summed E-state index contributed by atoms with van der Waals surface area (Å²) in [5.41, 5.74) is 5.45. The largest absolute Gasteiger partial charge is 0.338 e. The number of imidazole rings is 1. The van der Waals surface area contributed by atoms with Gasteiger partial charge in [-0.2, -0.15) is 8.75 Å². The number of fused-ring (bicyclic) bond motifs is 2. The summed E-state index contributed by atoms with van der Waals surface area (Å²) in [7, 11) is 0. The van der Waals surface area contributed by atoms with Crippen LogP contribution in [0.4, 0.5) is 5.69 Å². The summed E-state index contributed by atoms with van der Waals surface area (Å²) < 4.78 is 8.29. The Morgan fingerprint density at radius 3 is 2.70 bits per heavy atom. The van der Waals surface area contributed by atoms with E-state index in [-0.39, 0.29) is 11.0 Å². The Bertz CT molecular complexity index is 1370. The van der Waals surface area contributed by atoms with Crippen molar-refractivity contribution in [3.63, 3.8) is 0 Å². The SMILES string of the molecule is O=C(NC(=S)Nc1cccc(-c2nc3ccccc3[nH]2)c1)c1ccc2nsnc2c1. The Kier molecular flexibility index (Phi) is 4.66. The third-order valence-electron chi connectivity index (χ3n) is 4.53. The Balaban J connectivity index is 1.31. The van der Waals surface area contributed by atoms with Crippen molar-refractivity contribution in [2.24, 2.45) is 0 Å². The molecule has 0 radical (unpaired) electrons. The molecule has 0 bridgehead atoms. The molecule has 0 aliphatic rings. The molecule has 3 N–H and O–H groups in total. The van der Waals surface area contributed by atoms with Gasteiger partial charge in [-0.25, -0.2) is 4.98 Å². The van der Waals surface area contributed by atoms with Gasteiger partial charge in [0.15, 0.2) is 5.11 Å². The number of thiocarbonyl (C=S) groups is 1. The van der Waals surface area contributed by atoms with Gasteiger partial charge in [-0.15, -0.1) is 0 Å². The van der Waals surface area contributed by atoms with Gasteiger partial charge in [-0.3, -0.25) is 10.1 Å². The van der Waals surface area contributed by atoms with E-state index in [1.807, 2.05) is 48.5 Å². The van der Waals surface area contributed by atoms with Gasteiger partial charge in [0.1, 0.15) is 16.9 Å². The summed E-state index contributed by atoms with van der Waals surface area (Å²) in [6, 6.07) is 20.7. The first-order valence-corrected chi connectivity index (χ1v) is 10.2. The number of hydrogen-bond donors (Lipinski definition) is 3. The minimum Gasteiger partial charge on any atom is -0.338 e. The molecule has 0 spiro atoms. The predicted octanol–water partition coefficient (Wildman–Crippen LogP) is 4.36. The van der Waals surface area contributed by atoms with E-state index in [2.05, 4.69) is 29.3 Å². The van der Waals surface area contributed by atoms with Crippen LogP contribution in [0.1, 0.15) is 10.4 Å². The number of aromatic nitrogens is 4. The van der Waals surface area contributed by atoms with Crippen molar-refractivity contribution in [3.8, 4) is 11.4 Å². The number of aromatic amines is 1. The van der Waals surface area contributed by atoms with Gasteiger partial charge in [0.05, 0.1) is 22.8 Å². The first-order chi connectivity index (χ1) is 14.7. The van der Waals surface area contributed by atoms with Crippen LogP contribution in [0.15, 0.2) is 66.7 Å². The number of hydrogen-bond acceptors (Lipinski definition) is 6. The summed E-state index contributed by atoms with van der Waals surface area (Å²) in [6.45, 7) is 0. The minimum atomic E-state index is -0.309. The van der Waals surface area contributed by atoms with Gasteiger partial charge in [0.25, 0.3) is 5.91 Å². The zero-order valence-electron chi connectivity index (χ0n) is 15.4. The lowest BCUT2D eigenvalue weighted by molar-refractivity contribution is 0.0978. The van der Waals surface area contributed by atoms with E-state index in [0.29, 0.717) is 11.1 Å². The molecule has 0 saturated heterocycles. The average molecular weight is 431 g/mol. The second-order valence-electron chi connectivity index (χ2n) is 6.56. The van der Waals surface area contributed by atoms with Crippen molar-refractivity contribution in [2.45, 2.75) is 0 Å². The highest BCUT2D eigenvalue weighted by Crippen LogP contribution is 2.23. The number of nitrogens with one attached hydrogen (secondary N) is 3. The van der Waals surface area contributed by atoms with Gasteiger partial charge >= 0.3 is 0 Å². The zero-order chi connectivity index (χ0) is 20.5. The van der Waals surface area contributed by atoms with Crippen LogP contribution in [0, 0.1) is 0 Å². The third kappa shape index (κ3) is 3.63. The number of rotatable bonds is 3. The van der Waals surface area contributed by atoms with Crippen LogP contribution in [-0.2, 0) is 0 Å². The van der Waals surface area contributed by atoms with E-state index in [1.54, 1.807) is 18.2 Å². The molecule has 30 heavy (non-hydrogen) atoms. The zero-order valence-corrected chi connectivity index (χ0v) is 17.1. The molecule has 7 nitrogen and oxygen atoms in total. The van der Waals surface area contributed by atoms with Crippen molar-refractivity contribution in [1.82, 2.24) is 24.0 Å². The van der Waals surface area contributed by atoms with Crippen LogP contribution >= 0.6 is 23.9 Å². The van der Waals surface area contributed by atoms with Gasteiger partial charge in [0.2, 0.25) is 0 Å². The number of H-pyrrole nitrogens is 1. The number of nitrogens with zero attached hydrogens (tertiary/aromatic N) is 3. The molecular weight excluding hydrogens is 416 g/mol. The molecule has 5 aromatic rings. The first kappa shape index (κ1) is 18.3. The summed E-state index contributed by atoms with van der Waals surface area (Å²) >= 11 is 6.42. The standard InChI is InChI=1S/C21H14N6OS2/c28-20(13-8-9-17-18(11-13)27-30-26-17)25-21(29)22-14-5-3-4-12(10-14)19-23-15-6-1-2-7-16(15)24-19/h1-11H,(H,23,24)(H2,22,25,28,29). The quantitative estimate of drug-likeness (QED) is 0.368. The van der Waals surface area contributed by atoms with Crippen LogP contribution in [-0.4, -0.2) is 29.7 Å². The predicted molar refractivity (Wildman–Crippen MR) is 123 cm³/mol. The molecule has 9 heteroatoms. The molecule has 0 fully saturated rings. The fraction of sp³-hybridized carbons (Fsp3) is 0. The number of para-hydroxylation sites is 2. The van der Waals surface area contributed by atoms with Crippen molar-refractivity contribution in [2.75, 3.05) is 5.32 Å². The number of benzene rings is 3. The molecule has 1 amide bonds. The second kappa shape index (κ2) is 7.62. The second-order valence-corrected chi connectivity index (χ2v) is 7.50. The number of anilines is 1. The number of carbonyl (C=O) groups is 1. The molecule has 0 aliphatic heterocycles. The fourth-order valence-electron chi connectivity index (χ4n) is 3.09. The first-order valence-electron chi connectivity index (χ1n) is 9.05. The monoisotopic (exact) mass is 430 g/mol. The highest BCUT2D eigenvalue weighted by molar-refractivity contribution is 7.80. The van der Waals surface area contributed by atoms with Crippen LogP contribution in [0.2, 0.25) is 0 Å². The molecular formula is C21H14N6OS2. The average Bonchev–Trinajstić information content (AvgIpc) is 3.40. The molecule has 2 aromatic heterocycles. The van der Waals surface area contributed by atoms with Crippen LogP contribution in [0.5, 0.6) is 0 Å². The molecule has 146 valence electrons. The molecule has 2 heterocycles. The molecule has 0 unspecified atom stereocenters. The summed E-state index contributed by atoms with van der Waals surface area (Å²) in [4.78, 5) is 20.4. The molecule has 5 rings (SSSR count). The van der Waals surface area contributed by atoms with Crippen molar-refractivity contribution in [1.29, 1.82) is 0 Å². The van der Waals surface area contributed by atoms with E-state index in [1.165, 1.54) is 0 Å². The van der Waals surface area contributed by atoms with Crippen LogP contribution in [0.25, 0.3) is 33.5 Å². The van der Waals surface area contributed by atoms with E-state index in [4.69, 9.17) is 12.2 Å². The molecule has 3 aromatic carbocycles. The molecule has 0 saturated carbocycles. The van der Waals surface area contributed by atoms with Crippen LogP contribution < -0.4 is 10.6 Å². The van der Waals surface area contributed by atoms with Crippen molar-refractivity contribution < 1.29 is 4.79 Å². The lowest BCUT2D eigenvalue weighted by atomic mass is 10.2. The van der Waals surface area contributed by atoms with E-state index < -0.39 is 0 Å². The Labute approximate surface area is 180 Å². The molecule has 0 atom stereocenters. The lowest BCUT2D eigenvalue weighted by Crippen LogP contribution is -2.34. The van der Waals surface area contributed by atoms with Gasteiger partial charge in [-0.05, 0) is 54.7 Å². The van der Waals surface area contributed by atoms with Gasteiger partial charge in [0, 0.05) is 16.8 Å². The van der Waals surface area contributed by atoms with Gasteiger partial charge < -0.3 is 10.3 Å². The van der Waals surface area contributed by atoms with Crippen molar-refractivity contribution >= 4 is 62.7 Å². The smallest absolute Gasteiger partial charge is 0.257 e. The van der Waals surface area contributed by atoms with Gasteiger partial charge in [-0.1, -0.05) is 24.3 Å². The summed E-state index contributed by atoms with van der Waals surface area (Å²) in [5.74, 6) is 0.454. The Hall–Kier alpha value is -3.69. The fourth-order valence-corrected chi connectivity index (χ4v) is 3.82. The Morgan fingerprint density at radius 2 is 1.80 bits per heavy atom. The highest BCUT2D eigenvalue weighted by Gasteiger charge is 2.11. The highest BCUT2D eigenvalue weighted by atomic mass is 32.1. The maximum absolute atomic E-state index is 12.5. The lowest BCUT2D eigenvalue weighted by Gasteiger charge is -2.10. The van der Waals surface area contributed by atoms with Crippen LogP contribution in [0.3, 0.4) is 0 Å². The number of carbonyl (C=O) groups excluding carboxylic acids is 1.